The molecular formula is C22H27N5O3S. The second kappa shape index (κ2) is 8.45. The van der Waals surface area contributed by atoms with E-state index in [9.17, 15) is 9.59 Å². The van der Waals surface area contributed by atoms with Crippen molar-refractivity contribution in [3.8, 4) is 0 Å². The summed E-state index contributed by atoms with van der Waals surface area (Å²) in [6, 6.07) is 3.82. The van der Waals surface area contributed by atoms with Crippen LogP contribution in [0.25, 0.3) is 4.96 Å². The standard InChI is InChI=1S/C22H27N5O3S/c1-14(13-16-5-4-12-30-16)23-19(28)15-8-10-26(11-9-15)22-25-27-20(29)17-6-2-3-7-18(17)24-21(27)31-22/h4-5,12,14-15H,2-3,6-11,13H2,1H3,(H,23,28). The number of fused-ring (bicyclic) bond motifs is 2. The van der Waals surface area contributed by atoms with Gasteiger partial charge in [0, 0.05) is 37.0 Å². The molecule has 1 amide bonds. The lowest BCUT2D eigenvalue weighted by atomic mass is 9.95. The number of hydrogen-bond donors (Lipinski definition) is 1. The predicted molar refractivity (Wildman–Crippen MR) is 119 cm³/mol. The SMILES string of the molecule is CC(Cc1ccco1)NC(=O)C1CCN(c2nn3c(=O)c4c(nc3s2)CCCC4)CC1. The van der Waals surface area contributed by atoms with Gasteiger partial charge >= 0.3 is 0 Å². The second-order valence-electron chi connectivity index (χ2n) is 8.58. The van der Waals surface area contributed by atoms with E-state index in [1.165, 1.54) is 15.9 Å². The molecule has 31 heavy (non-hydrogen) atoms. The molecule has 1 aliphatic carbocycles. The number of rotatable bonds is 5. The molecule has 2 aliphatic rings. The van der Waals surface area contributed by atoms with Crippen LogP contribution in [0.5, 0.6) is 0 Å². The molecule has 1 fully saturated rings. The van der Waals surface area contributed by atoms with Gasteiger partial charge in [0.15, 0.2) is 0 Å². The first-order chi connectivity index (χ1) is 15.1. The van der Waals surface area contributed by atoms with E-state index >= 15 is 0 Å². The smallest absolute Gasteiger partial charge is 0.278 e. The van der Waals surface area contributed by atoms with Crippen LogP contribution in [-0.2, 0) is 24.1 Å². The van der Waals surface area contributed by atoms with Gasteiger partial charge in [0.25, 0.3) is 5.56 Å². The van der Waals surface area contributed by atoms with Crippen LogP contribution in [0.15, 0.2) is 27.6 Å². The molecule has 1 unspecified atom stereocenters. The topological polar surface area (TPSA) is 92.7 Å². The molecule has 1 saturated heterocycles. The van der Waals surface area contributed by atoms with E-state index in [1.54, 1.807) is 6.26 Å². The van der Waals surface area contributed by atoms with Gasteiger partial charge < -0.3 is 14.6 Å². The Labute approximate surface area is 184 Å². The van der Waals surface area contributed by atoms with Crippen LogP contribution < -0.4 is 15.8 Å². The zero-order valence-electron chi connectivity index (χ0n) is 17.7. The van der Waals surface area contributed by atoms with E-state index in [0.717, 1.165) is 73.8 Å². The molecule has 0 spiro atoms. The lowest BCUT2D eigenvalue weighted by molar-refractivity contribution is -0.126. The van der Waals surface area contributed by atoms with Crippen molar-refractivity contribution in [2.45, 2.75) is 57.9 Å². The maximum absolute atomic E-state index is 12.8. The number of carbonyl (C=O) groups excluding carboxylic acids is 1. The van der Waals surface area contributed by atoms with Crippen molar-refractivity contribution in [2.75, 3.05) is 18.0 Å². The fraction of sp³-hybridized carbons (Fsp3) is 0.545. The normalized spacial score (nSPS) is 18.2. The first-order valence-electron chi connectivity index (χ1n) is 11.1. The number of aromatic nitrogens is 3. The third-order valence-corrected chi connectivity index (χ3v) is 7.25. The number of amides is 1. The fourth-order valence-electron chi connectivity index (χ4n) is 4.57. The minimum absolute atomic E-state index is 0.00200. The summed E-state index contributed by atoms with van der Waals surface area (Å²) in [5.74, 6) is 0.982. The lowest BCUT2D eigenvalue weighted by Crippen LogP contribution is -2.43. The summed E-state index contributed by atoms with van der Waals surface area (Å²) in [6.07, 6.45) is 7.71. The van der Waals surface area contributed by atoms with Crippen LogP contribution in [0.1, 0.15) is 49.6 Å². The van der Waals surface area contributed by atoms with Gasteiger partial charge in [-0.05, 0) is 57.6 Å². The quantitative estimate of drug-likeness (QED) is 0.654. The van der Waals surface area contributed by atoms with E-state index in [-0.39, 0.29) is 23.4 Å². The average molecular weight is 442 g/mol. The van der Waals surface area contributed by atoms with Crippen LogP contribution in [0.3, 0.4) is 0 Å². The fourth-order valence-corrected chi connectivity index (χ4v) is 5.53. The van der Waals surface area contributed by atoms with Crippen LogP contribution >= 0.6 is 11.3 Å². The summed E-state index contributed by atoms with van der Waals surface area (Å²) in [5, 5.41) is 8.51. The maximum Gasteiger partial charge on any atom is 0.278 e. The Bertz CT molecular complexity index is 1130. The molecule has 3 aromatic heterocycles. The number of hydrogen-bond acceptors (Lipinski definition) is 7. The summed E-state index contributed by atoms with van der Waals surface area (Å²) in [5.41, 5.74) is 1.77. The average Bonchev–Trinajstić information content (AvgIpc) is 3.44. The molecule has 4 heterocycles. The highest BCUT2D eigenvalue weighted by Crippen LogP contribution is 2.28. The Hall–Kier alpha value is -2.68. The number of furan rings is 1. The molecule has 1 aliphatic heterocycles. The van der Waals surface area contributed by atoms with E-state index in [0.29, 0.717) is 11.4 Å². The number of nitrogens with zero attached hydrogens (tertiary/aromatic N) is 4. The molecule has 0 bridgehead atoms. The highest BCUT2D eigenvalue weighted by Gasteiger charge is 2.28. The molecule has 5 rings (SSSR count). The van der Waals surface area contributed by atoms with E-state index < -0.39 is 0 Å². The van der Waals surface area contributed by atoms with Crippen molar-refractivity contribution in [3.05, 3.63) is 45.8 Å². The summed E-state index contributed by atoms with van der Waals surface area (Å²) in [4.78, 5) is 33.1. The third-order valence-electron chi connectivity index (χ3n) is 6.28. The van der Waals surface area contributed by atoms with Gasteiger partial charge in [0.1, 0.15) is 5.76 Å². The van der Waals surface area contributed by atoms with Gasteiger partial charge in [-0.1, -0.05) is 11.3 Å². The van der Waals surface area contributed by atoms with Gasteiger partial charge in [-0.25, -0.2) is 4.98 Å². The minimum atomic E-state index is -0.0120. The molecule has 0 radical (unpaired) electrons. The molecule has 0 saturated carbocycles. The van der Waals surface area contributed by atoms with Crippen LogP contribution in [-0.4, -0.2) is 39.6 Å². The summed E-state index contributed by atoms with van der Waals surface area (Å²) < 4.78 is 6.84. The van der Waals surface area contributed by atoms with Crippen LogP contribution in [0.2, 0.25) is 0 Å². The molecule has 164 valence electrons. The third kappa shape index (κ3) is 4.11. The Morgan fingerprint density at radius 2 is 2.13 bits per heavy atom. The Morgan fingerprint density at radius 3 is 2.90 bits per heavy atom. The first-order valence-corrected chi connectivity index (χ1v) is 11.9. The first kappa shape index (κ1) is 20.2. The minimum Gasteiger partial charge on any atom is -0.469 e. The zero-order chi connectivity index (χ0) is 21.4. The highest BCUT2D eigenvalue weighted by atomic mass is 32.1. The number of piperidine rings is 1. The summed E-state index contributed by atoms with van der Waals surface area (Å²) in [6.45, 7) is 3.50. The van der Waals surface area contributed by atoms with Gasteiger partial charge in [0.2, 0.25) is 16.0 Å². The largest absolute Gasteiger partial charge is 0.469 e. The van der Waals surface area contributed by atoms with Crippen molar-refractivity contribution >= 4 is 27.3 Å². The molecule has 0 aromatic carbocycles. The van der Waals surface area contributed by atoms with E-state index in [2.05, 4.69) is 15.3 Å². The van der Waals surface area contributed by atoms with Gasteiger partial charge in [-0.2, -0.15) is 4.52 Å². The molecule has 3 aromatic rings. The zero-order valence-corrected chi connectivity index (χ0v) is 18.5. The Balaban J connectivity index is 1.22. The number of nitrogens with one attached hydrogen (secondary N) is 1. The Morgan fingerprint density at radius 1 is 1.32 bits per heavy atom. The maximum atomic E-state index is 12.8. The second-order valence-corrected chi connectivity index (χ2v) is 9.52. The van der Waals surface area contributed by atoms with Gasteiger partial charge in [-0.3, -0.25) is 9.59 Å². The van der Waals surface area contributed by atoms with Crippen LogP contribution in [0, 0.1) is 5.92 Å². The molecular weight excluding hydrogens is 414 g/mol. The van der Waals surface area contributed by atoms with Crippen molar-refractivity contribution in [3.63, 3.8) is 0 Å². The molecule has 1 atom stereocenters. The van der Waals surface area contributed by atoms with Gasteiger partial charge in [0.05, 0.1) is 12.0 Å². The highest BCUT2D eigenvalue weighted by molar-refractivity contribution is 7.20. The number of aryl methyl sites for hydroxylation is 1. The summed E-state index contributed by atoms with van der Waals surface area (Å²) in [7, 11) is 0. The lowest BCUT2D eigenvalue weighted by Gasteiger charge is -2.31. The van der Waals surface area contributed by atoms with E-state index in [4.69, 9.17) is 9.40 Å². The van der Waals surface area contributed by atoms with E-state index in [1.807, 2.05) is 19.1 Å². The van der Waals surface area contributed by atoms with Crippen LogP contribution in [0.4, 0.5) is 5.13 Å². The van der Waals surface area contributed by atoms with Crippen molar-refractivity contribution in [2.24, 2.45) is 5.92 Å². The van der Waals surface area contributed by atoms with Crippen molar-refractivity contribution in [1.82, 2.24) is 19.9 Å². The molecule has 1 N–H and O–H groups in total. The molecule has 9 heteroatoms. The monoisotopic (exact) mass is 441 g/mol. The number of anilines is 1. The molecule has 8 nitrogen and oxygen atoms in total. The number of carbonyl (C=O) groups is 1. The van der Waals surface area contributed by atoms with Crippen molar-refractivity contribution in [1.29, 1.82) is 0 Å². The summed E-state index contributed by atoms with van der Waals surface area (Å²) >= 11 is 1.47. The van der Waals surface area contributed by atoms with Crippen molar-refractivity contribution < 1.29 is 9.21 Å². The predicted octanol–water partition coefficient (Wildman–Crippen LogP) is 2.59. The Kier molecular flexibility index (Phi) is 5.52. The van der Waals surface area contributed by atoms with Gasteiger partial charge in [-0.15, -0.1) is 5.10 Å².